The maximum atomic E-state index is 10.8. The van der Waals surface area contributed by atoms with Crippen LogP contribution in [0, 0.1) is 0 Å². The first-order valence-corrected chi connectivity index (χ1v) is 7.14. The second-order valence-corrected chi connectivity index (χ2v) is 5.08. The lowest BCUT2D eigenvalue weighted by Crippen LogP contribution is -2.16. The predicted octanol–water partition coefficient (Wildman–Crippen LogP) is 2.87. The molecule has 0 unspecified atom stereocenters. The van der Waals surface area contributed by atoms with Crippen LogP contribution in [0.1, 0.15) is 21.5 Å². The molecule has 2 aromatic carbocycles. The molecule has 5 nitrogen and oxygen atoms in total. The molecule has 0 spiro atoms. The number of benzene rings is 2. The fourth-order valence-corrected chi connectivity index (χ4v) is 2.31. The average Bonchev–Trinajstić information content (AvgIpc) is 2.55. The van der Waals surface area contributed by atoms with Crippen LogP contribution in [0.5, 0.6) is 11.5 Å². The molecule has 0 amide bonds. The Labute approximate surface area is 140 Å². The number of aromatic carboxylic acids is 1. The minimum atomic E-state index is -0.907. The van der Waals surface area contributed by atoms with Crippen molar-refractivity contribution in [2.75, 3.05) is 13.2 Å². The molecule has 0 fully saturated rings. The summed E-state index contributed by atoms with van der Waals surface area (Å²) in [6, 6.07) is 12.8. The molecule has 0 aliphatic carbocycles. The zero-order chi connectivity index (χ0) is 15.4. The van der Waals surface area contributed by atoms with Gasteiger partial charge in [0.2, 0.25) is 0 Å². The van der Waals surface area contributed by atoms with Crippen molar-refractivity contribution in [3.05, 3.63) is 59.2 Å². The molecule has 1 aliphatic heterocycles. The molecule has 0 atom stereocenters. The molecule has 0 bridgehead atoms. The second-order valence-electron chi connectivity index (χ2n) is 5.08. The molecule has 2 aromatic rings. The van der Waals surface area contributed by atoms with Gasteiger partial charge in [0.05, 0.1) is 5.56 Å². The van der Waals surface area contributed by atoms with E-state index in [1.165, 1.54) is 0 Å². The Bertz CT molecular complexity index is 673. The van der Waals surface area contributed by atoms with Crippen LogP contribution in [-0.2, 0) is 13.1 Å². The second kappa shape index (κ2) is 7.85. The third-order valence-corrected chi connectivity index (χ3v) is 3.47. The highest BCUT2D eigenvalue weighted by atomic mass is 35.5. The minimum absolute atomic E-state index is 0. The summed E-state index contributed by atoms with van der Waals surface area (Å²) in [7, 11) is 0. The maximum absolute atomic E-state index is 10.8. The largest absolute Gasteiger partial charge is 0.486 e. The topological polar surface area (TPSA) is 67.8 Å². The van der Waals surface area contributed by atoms with Crippen molar-refractivity contribution in [2.45, 2.75) is 13.1 Å². The first kappa shape index (κ1) is 17.1. The highest BCUT2D eigenvalue weighted by Crippen LogP contribution is 2.30. The van der Waals surface area contributed by atoms with Crippen molar-refractivity contribution >= 4 is 18.4 Å². The van der Waals surface area contributed by atoms with Crippen molar-refractivity contribution in [1.82, 2.24) is 5.32 Å². The molecular formula is C17H18ClNO4. The van der Waals surface area contributed by atoms with Gasteiger partial charge >= 0.3 is 5.97 Å². The van der Waals surface area contributed by atoms with E-state index in [9.17, 15) is 4.79 Å². The van der Waals surface area contributed by atoms with Gasteiger partial charge in [-0.05, 0) is 35.4 Å². The lowest BCUT2D eigenvalue weighted by Gasteiger charge is -2.19. The van der Waals surface area contributed by atoms with E-state index in [1.807, 2.05) is 30.3 Å². The van der Waals surface area contributed by atoms with Gasteiger partial charge in [-0.1, -0.05) is 18.2 Å². The van der Waals surface area contributed by atoms with Gasteiger partial charge in [-0.25, -0.2) is 4.79 Å². The van der Waals surface area contributed by atoms with E-state index in [0.29, 0.717) is 31.9 Å². The van der Waals surface area contributed by atoms with Crippen LogP contribution >= 0.6 is 12.4 Å². The van der Waals surface area contributed by atoms with Crippen molar-refractivity contribution in [3.8, 4) is 11.5 Å². The lowest BCUT2D eigenvalue weighted by molar-refractivity contribution is 0.0697. The molecule has 0 saturated carbocycles. The van der Waals surface area contributed by atoms with Crippen molar-refractivity contribution in [3.63, 3.8) is 0 Å². The standard InChI is InChI=1S/C17H17NO4.ClH/c19-17(20)14-4-1-12(2-5-14)10-18-11-13-3-6-15-16(9-13)22-8-7-21-15;/h1-6,9,18H,7-8,10-11H2,(H,19,20);1H. The SMILES string of the molecule is Cl.O=C(O)c1ccc(CNCc2ccc3c(c2)OCCO3)cc1. The number of halogens is 1. The third-order valence-electron chi connectivity index (χ3n) is 3.47. The maximum Gasteiger partial charge on any atom is 0.335 e. The van der Waals surface area contributed by atoms with Crippen LogP contribution in [0.2, 0.25) is 0 Å². The number of carboxylic acid groups (broad SMARTS) is 1. The number of fused-ring (bicyclic) bond motifs is 1. The van der Waals surface area contributed by atoms with Crippen molar-refractivity contribution < 1.29 is 19.4 Å². The summed E-state index contributed by atoms with van der Waals surface area (Å²) in [5, 5.41) is 12.2. The van der Waals surface area contributed by atoms with Gasteiger partial charge in [0.15, 0.2) is 11.5 Å². The van der Waals surface area contributed by atoms with Crippen LogP contribution in [0.25, 0.3) is 0 Å². The van der Waals surface area contributed by atoms with Gasteiger partial charge in [0, 0.05) is 13.1 Å². The van der Waals surface area contributed by atoms with Crippen LogP contribution in [-0.4, -0.2) is 24.3 Å². The molecular weight excluding hydrogens is 318 g/mol. The van der Waals surface area contributed by atoms with E-state index in [2.05, 4.69) is 5.32 Å². The average molecular weight is 336 g/mol. The molecule has 3 rings (SSSR count). The molecule has 23 heavy (non-hydrogen) atoms. The molecule has 0 aromatic heterocycles. The van der Waals surface area contributed by atoms with Gasteiger partial charge in [0.1, 0.15) is 13.2 Å². The number of rotatable bonds is 5. The Hall–Kier alpha value is -2.24. The van der Waals surface area contributed by atoms with E-state index in [1.54, 1.807) is 12.1 Å². The Morgan fingerprint density at radius 2 is 1.57 bits per heavy atom. The first-order chi connectivity index (χ1) is 10.7. The van der Waals surface area contributed by atoms with Crippen molar-refractivity contribution in [1.29, 1.82) is 0 Å². The highest BCUT2D eigenvalue weighted by Gasteiger charge is 2.11. The smallest absolute Gasteiger partial charge is 0.335 e. The summed E-state index contributed by atoms with van der Waals surface area (Å²) in [4.78, 5) is 10.8. The van der Waals surface area contributed by atoms with Crippen LogP contribution in [0.3, 0.4) is 0 Å². The monoisotopic (exact) mass is 335 g/mol. The minimum Gasteiger partial charge on any atom is -0.486 e. The molecule has 1 aliphatic rings. The van der Waals surface area contributed by atoms with E-state index >= 15 is 0 Å². The molecule has 1 heterocycles. The number of nitrogens with one attached hydrogen (secondary N) is 1. The molecule has 0 saturated heterocycles. The molecule has 2 N–H and O–H groups in total. The predicted molar refractivity (Wildman–Crippen MR) is 88.6 cm³/mol. The van der Waals surface area contributed by atoms with Gasteiger partial charge in [0.25, 0.3) is 0 Å². The summed E-state index contributed by atoms with van der Waals surface area (Å²) < 4.78 is 11.0. The van der Waals surface area contributed by atoms with E-state index in [0.717, 1.165) is 22.6 Å². The summed E-state index contributed by atoms with van der Waals surface area (Å²) in [5.41, 5.74) is 2.46. The van der Waals surface area contributed by atoms with Crippen molar-refractivity contribution in [2.24, 2.45) is 0 Å². The Morgan fingerprint density at radius 3 is 2.26 bits per heavy atom. The quantitative estimate of drug-likeness (QED) is 0.879. The normalized spacial score (nSPS) is 12.3. The van der Waals surface area contributed by atoms with Crippen LogP contribution in [0.4, 0.5) is 0 Å². The van der Waals surface area contributed by atoms with E-state index in [4.69, 9.17) is 14.6 Å². The number of carboxylic acids is 1. The van der Waals surface area contributed by atoms with E-state index < -0.39 is 5.97 Å². The Balaban J connectivity index is 0.00000192. The lowest BCUT2D eigenvalue weighted by atomic mass is 10.1. The van der Waals surface area contributed by atoms with E-state index in [-0.39, 0.29) is 12.4 Å². The van der Waals surface area contributed by atoms with Gasteiger partial charge in [-0.2, -0.15) is 0 Å². The number of hydrogen-bond donors (Lipinski definition) is 2. The summed E-state index contributed by atoms with van der Waals surface area (Å²) in [5.74, 6) is 0.673. The zero-order valence-corrected chi connectivity index (χ0v) is 13.3. The van der Waals surface area contributed by atoms with Gasteiger partial charge in [-0.15, -0.1) is 12.4 Å². The number of hydrogen-bond acceptors (Lipinski definition) is 4. The summed E-state index contributed by atoms with van der Waals surface area (Å²) >= 11 is 0. The zero-order valence-electron chi connectivity index (χ0n) is 12.5. The molecule has 0 radical (unpaired) electrons. The third kappa shape index (κ3) is 4.37. The molecule has 6 heteroatoms. The Morgan fingerprint density at radius 1 is 0.957 bits per heavy atom. The molecule has 122 valence electrons. The first-order valence-electron chi connectivity index (χ1n) is 7.14. The Kier molecular flexibility index (Phi) is 5.84. The highest BCUT2D eigenvalue weighted by molar-refractivity contribution is 5.87. The van der Waals surface area contributed by atoms with Crippen LogP contribution < -0.4 is 14.8 Å². The number of ether oxygens (including phenoxy) is 2. The summed E-state index contributed by atoms with van der Waals surface area (Å²) in [6.45, 7) is 2.56. The summed E-state index contributed by atoms with van der Waals surface area (Å²) in [6.07, 6.45) is 0. The van der Waals surface area contributed by atoms with Gasteiger partial charge < -0.3 is 19.9 Å². The fraction of sp³-hybridized carbons (Fsp3) is 0.235. The fourth-order valence-electron chi connectivity index (χ4n) is 2.31. The van der Waals surface area contributed by atoms with Crippen LogP contribution in [0.15, 0.2) is 42.5 Å². The van der Waals surface area contributed by atoms with Gasteiger partial charge in [-0.3, -0.25) is 0 Å². The number of carbonyl (C=O) groups is 1.